The molecule has 0 saturated heterocycles. The molecule has 0 radical (unpaired) electrons. The molecule has 122 valence electrons. The number of nitrogens with zero attached hydrogens (tertiary/aromatic N) is 2. The summed E-state index contributed by atoms with van der Waals surface area (Å²) in [6.07, 6.45) is 12.7. The van der Waals surface area contributed by atoms with Crippen LogP contribution in [0.25, 0.3) is 0 Å². The Morgan fingerprint density at radius 2 is 2.36 bits per heavy atom. The van der Waals surface area contributed by atoms with Crippen LogP contribution in [0.1, 0.15) is 19.0 Å². The maximum Gasteiger partial charge on any atom is 0.0949 e. The maximum absolute atomic E-state index is 5.27. The lowest BCUT2D eigenvalue weighted by Gasteiger charge is -2.09. The van der Waals surface area contributed by atoms with Crippen molar-refractivity contribution in [2.24, 2.45) is 0 Å². The summed E-state index contributed by atoms with van der Waals surface area (Å²) in [6, 6.07) is 0. The summed E-state index contributed by atoms with van der Waals surface area (Å²) in [4.78, 5) is 4.21. The van der Waals surface area contributed by atoms with Crippen molar-refractivity contribution >= 4 is 0 Å². The number of rotatable bonds is 12. The van der Waals surface area contributed by atoms with E-state index in [4.69, 9.17) is 4.74 Å². The minimum Gasteiger partial charge on any atom is -0.378 e. The molecule has 0 aliphatic carbocycles. The number of aromatic nitrogens is 2. The van der Waals surface area contributed by atoms with Gasteiger partial charge in [0.15, 0.2) is 0 Å². The number of hydrogen-bond acceptors (Lipinski definition) is 4. The quantitative estimate of drug-likeness (QED) is 0.354. The van der Waals surface area contributed by atoms with Crippen molar-refractivity contribution < 1.29 is 4.74 Å². The fourth-order valence-electron chi connectivity index (χ4n) is 1.90. The lowest BCUT2D eigenvalue weighted by molar-refractivity contribution is 0.177. The normalized spacial score (nSPS) is 12.0. The van der Waals surface area contributed by atoms with Crippen LogP contribution in [0.2, 0.25) is 0 Å². The Bertz CT molecular complexity index is 477. The van der Waals surface area contributed by atoms with E-state index < -0.39 is 0 Å². The Morgan fingerprint density at radius 3 is 3.05 bits per heavy atom. The van der Waals surface area contributed by atoms with Crippen LogP contribution in [-0.2, 0) is 11.3 Å². The molecule has 1 aromatic heterocycles. The van der Waals surface area contributed by atoms with Crippen molar-refractivity contribution in [1.29, 1.82) is 0 Å². The fourth-order valence-corrected chi connectivity index (χ4v) is 1.90. The number of imidazole rings is 1. The predicted molar refractivity (Wildman–Crippen MR) is 91.5 cm³/mol. The summed E-state index contributed by atoms with van der Waals surface area (Å²) >= 11 is 0. The SMILES string of the molecule is C=C/C=C(\C=C/COCC)NCNCCCn1cnc(C)c1. The molecule has 1 rings (SSSR count). The highest BCUT2D eigenvalue weighted by atomic mass is 16.5. The molecule has 2 N–H and O–H groups in total. The fraction of sp³-hybridized carbons (Fsp3) is 0.471. The van der Waals surface area contributed by atoms with Crippen LogP contribution >= 0.6 is 0 Å². The minimum absolute atomic E-state index is 0.629. The van der Waals surface area contributed by atoms with Gasteiger partial charge in [0.05, 0.1) is 25.3 Å². The van der Waals surface area contributed by atoms with Gasteiger partial charge in [-0.3, -0.25) is 0 Å². The first-order chi connectivity index (χ1) is 10.8. The second kappa shape index (κ2) is 11.8. The number of hydrogen-bond donors (Lipinski definition) is 2. The first-order valence-corrected chi connectivity index (χ1v) is 7.76. The van der Waals surface area contributed by atoms with E-state index >= 15 is 0 Å². The summed E-state index contributed by atoms with van der Waals surface area (Å²) in [7, 11) is 0. The van der Waals surface area contributed by atoms with Crippen LogP contribution in [0.15, 0.2) is 49.1 Å². The van der Waals surface area contributed by atoms with E-state index in [-0.39, 0.29) is 0 Å². The molecule has 0 unspecified atom stereocenters. The van der Waals surface area contributed by atoms with E-state index in [1.165, 1.54) is 0 Å². The Balaban J connectivity index is 2.13. The van der Waals surface area contributed by atoms with E-state index in [0.29, 0.717) is 6.61 Å². The molecular formula is C17H28N4O. The van der Waals surface area contributed by atoms with Crippen molar-refractivity contribution in [2.45, 2.75) is 26.8 Å². The van der Waals surface area contributed by atoms with E-state index in [0.717, 1.165) is 44.2 Å². The van der Waals surface area contributed by atoms with E-state index in [1.807, 2.05) is 38.4 Å². The highest BCUT2D eigenvalue weighted by Crippen LogP contribution is 1.95. The number of allylic oxidation sites excluding steroid dienone is 3. The molecule has 0 aliphatic rings. The molecular weight excluding hydrogens is 276 g/mol. The summed E-state index contributed by atoms with van der Waals surface area (Å²) < 4.78 is 7.39. The second-order valence-electron chi connectivity index (χ2n) is 4.88. The summed E-state index contributed by atoms with van der Waals surface area (Å²) in [5.41, 5.74) is 2.08. The molecule has 0 saturated carbocycles. The molecule has 1 heterocycles. The van der Waals surface area contributed by atoms with Gasteiger partial charge in [0.25, 0.3) is 0 Å². The van der Waals surface area contributed by atoms with Crippen LogP contribution in [0.5, 0.6) is 0 Å². The summed E-state index contributed by atoms with van der Waals surface area (Å²) in [6.45, 7) is 11.7. The van der Waals surface area contributed by atoms with Crippen LogP contribution < -0.4 is 10.6 Å². The molecule has 0 atom stereocenters. The first-order valence-electron chi connectivity index (χ1n) is 7.76. The van der Waals surface area contributed by atoms with E-state index in [2.05, 4.69) is 33.0 Å². The highest BCUT2D eigenvalue weighted by Gasteiger charge is 1.94. The van der Waals surface area contributed by atoms with E-state index in [1.54, 1.807) is 6.08 Å². The average Bonchev–Trinajstić information content (AvgIpc) is 2.92. The Morgan fingerprint density at radius 1 is 1.50 bits per heavy atom. The van der Waals surface area contributed by atoms with Crippen molar-refractivity contribution in [1.82, 2.24) is 20.2 Å². The van der Waals surface area contributed by atoms with Crippen LogP contribution in [0, 0.1) is 6.92 Å². The van der Waals surface area contributed by atoms with Crippen LogP contribution in [0.3, 0.4) is 0 Å². The third kappa shape index (κ3) is 8.44. The highest BCUT2D eigenvalue weighted by molar-refractivity contribution is 5.21. The Hall–Kier alpha value is -1.85. The molecule has 5 nitrogen and oxygen atoms in total. The van der Waals surface area contributed by atoms with Gasteiger partial charge in [0, 0.05) is 25.0 Å². The Kier molecular flexibility index (Phi) is 9.74. The standard InChI is InChI=1S/C17H28N4O/c1-4-8-17(9-6-12-22-5-2)19-14-18-10-7-11-21-13-16(3)20-15-21/h4,6,8-9,13,15,18-19H,1,5,7,10-12,14H2,2-3H3/b9-6-,17-8+. The molecule has 1 aromatic rings. The van der Waals surface area contributed by atoms with Gasteiger partial charge in [-0.15, -0.1) is 0 Å². The third-order valence-corrected chi connectivity index (χ3v) is 2.96. The minimum atomic E-state index is 0.629. The summed E-state index contributed by atoms with van der Waals surface area (Å²) in [5, 5.41) is 6.69. The lowest BCUT2D eigenvalue weighted by Crippen LogP contribution is -2.29. The van der Waals surface area contributed by atoms with E-state index in [9.17, 15) is 0 Å². The van der Waals surface area contributed by atoms with Gasteiger partial charge < -0.3 is 19.9 Å². The molecule has 0 amide bonds. The third-order valence-electron chi connectivity index (χ3n) is 2.96. The van der Waals surface area contributed by atoms with Gasteiger partial charge >= 0.3 is 0 Å². The largest absolute Gasteiger partial charge is 0.378 e. The number of aryl methyl sites for hydroxylation is 2. The van der Waals surface area contributed by atoms with Gasteiger partial charge in [-0.2, -0.15) is 0 Å². The monoisotopic (exact) mass is 304 g/mol. The Labute approximate surface area is 133 Å². The molecule has 0 spiro atoms. The molecule has 0 bridgehead atoms. The molecule has 0 aliphatic heterocycles. The van der Waals surface area contributed by atoms with Gasteiger partial charge in [-0.25, -0.2) is 4.98 Å². The van der Waals surface area contributed by atoms with Gasteiger partial charge in [0.2, 0.25) is 0 Å². The smallest absolute Gasteiger partial charge is 0.0949 e. The first kappa shape index (κ1) is 18.2. The van der Waals surface area contributed by atoms with Gasteiger partial charge in [-0.05, 0) is 39.0 Å². The van der Waals surface area contributed by atoms with Gasteiger partial charge in [-0.1, -0.05) is 18.7 Å². The van der Waals surface area contributed by atoms with Gasteiger partial charge in [0.1, 0.15) is 0 Å². The average molecular weight is 304 g/mol. The molecule has 22 heavy (non-hydrogen) atoms. The van der Waals surface area contributed by atoms with Crippen LogP contribution in [0.4, 0.5) is 0 Å². The lowest BCUT2D eigenvalue weighted by atomic mass is 10.3. The zero-order valence-electron chi connectivity index (χ0n) is 13.7. The number of ether oxygens (including phenoxy) is 1. The zero-order chi connectivity index (χ0) is 16.0. The predicted octanol–water partition coefficient (Wildman–Crippen LogP) is 2.38. The van der Waals surface area contributed by atoms with Crippen molar-refractivity contribution in [3.05, 3.63) is 54.8 Å². The number of nitrogens with one attached hydrogen (secondary N) is 2. The van der Waals surface area contributed by atoms with Crippen LogP contribution in [-0.4, -0.2) is 36.0 Å². The maximum atomic E-state index is 5.27. The molecule has 0 aromatic carbocycles. The van der Waals surface area contributed by atoms with Crippen molar-refractivity contribution in [3.63, 3.8) is 0 Å². The van der Waals surface area contributed by atoms with Crippen molar-refractivity contribution in [2.75, 3.05) is 26.4 Å². The second-order valence-corrected chi connectivity index (χ2v) is 4.88. The molecule has 5 heteroatoms. The topological polar surface area (TPSA) is 51.1 Å². The van der Waals surface area contributed by atoms with Crippen molar-refractivity contribution in [3.8, 4) is 0 Å². The zero-order valence-corrected chi connectivity index (χ0v) is 13.7. The summed E-state index contributed by atoms with van der Waals surface area (Å²) in [5.74, 6) is 0. The molecule has 0 fully saturated rings.